The van der Waals surface area contributed by atoms with Gasteiger partial charge in [-0.25, -0.2) is 13.2 Å². The van der Waals surface area contributed by atoms with Gasteiger partial charge >= 0.3 is 12.2 Å². The number of amides is 3. The second-order valence-corrected chi connectivity index (χ2v) is 12.9. The van der Waals surface area contributed by atoms with E-state index in [0.29, 0.717) is 39.0 Å². The van der Waals surface area contributed by atoms with Gasteiger partial charge in [0.15, 0.2) is 9.84 Å². The Kier molecular flexibility index (Phi) is 11.4. The zero-order valence-electron chi connectivity index (χ0n) is 24.9. The first-order valence-electron chi connectivity index (χ1n) is 14.6. The van der Waals surface area contributed by atoms with Crippen LogP contribution in [0.3, 0.4) is 0 Å². The Morgan fingerprint density at radius 1 is 0.867 bits per heavy atom. The number of piperazine rings is 1. The van der Waals surface area contributed by atoms with E-state index in [4.69, 9.17) is 0 Å². The summed E-state index contributed by atoms with van der Waals surface area (Å²) >= 11 is 0. The summed E-state index contributed by atoms with van der Waals surface area (Å²) in [6.45, 7) is 2.14. The van der Waals surface area contributed by atoms with Gasteiger partial charge in [-0.3, -0.25) is 4.79 Å². The Labute approximate surface area is 261 Å². The number of aryl methyl sites for hydroxylation is 1. The topological polar surface area (TPSA) is 98.8 Å². The summed E-state index contributed by atoms with van der Waals surface area (Å²) in [5.41, 5.74) is 0.325. The van der Waals surface area contributed by atoms with E-state index >= 15 is 0 Å². The lowest BCUT2D eigenvalue weighted by Gasteiger charge is -2.33. The van der Waals surface area contributed by atoms with E-state index in [2.05, 4.69) is 15.5 Å². The highest BCUT2D eigenvalue weighted by Gasteiger charge is 2.32. The van der Waals surface area contributed by atoms with Crippen molar-refractivity contribution in [1.82, 2.24) is 20.4 Å². The first kappa shape index (κ1) is 33.7. The normalized spacial score (nSPS) is 15.9. The van der Waals surface area contributed by atoms with Crippen LogP contribution in [0.4, 0.5) is 18.0 Å². The minimum atomic E-state index is -4.57. The van der Waals surface area contributed by atoms with Gasteiger partial charge in [-0.2, -0.15) is 13.2 Å². The molecular weight excluding hydrogens is 605 g/mol. The predicted octanol–water partition coefficient (Wildman–Crippen LogP) is 4.68. The van der Waals surface area contributed by atoms with Crippen molar-refractivity contribution in [1.29, 1.82) is 0 Å². The Morgan fingerprint density at radius 3 is 2.13 bits per heavy atom. The van der Waals surface area contributed by atoms with Gasteiger partial charge in [-0.1, -0.05) is 72.8 Å². The molecule has 0 spiro atoms. The standard InChI is InChI=1S/C33H37F3N4O4S/c1-39-18-20-40(21-19-39)32(42)38-30(24-26-11-8-12-27(23-26)33(34,35)36)31(41)37-28(16-15-25-9-4-2-5-10-25)17-22-45(43,44)29-13-6-3-7-14-29/h2-14,17,22-23,28,30H,15-16,18-21,24H2,1H3,(H,37,41)(H,38,42)/b22-17+/t28-,30-/m0/s1. The molecular formula is C33H37F3N4O4S. The largest absolute Gasteiger partial charge is 0.416 e. The van der Waals surface area contributed by atoms with Gasteiger partial charge < -0.3 is 20.4 Å². The number of rotatable bonds is 11. The molecule has 1 fully saturated rings. The molecule has 0 unspecified atom stereocenters. The van der Waals surface area contributed by atoms with Gasteiger partial charge in [0.1, 0.15) is 6.04 Å². The number of halogens is 3. The first-order chi connectivity index (χ1) is 21.4. The molecule has 2 atom stereocenters. The van der Waals surface area contributed by atoms with E-state index in [0.717, 1.165) is 23.1 Å². The lowest BCUT2D eigenvalue weighted by Crippen LogP contribution is -2.56. The van der Waals surface area contributed by atoms with Crippen LogP contribution in [0.25, 0.3) is 0 Å². The maximum Gasteiger partial charge on any atom is 0.416 e. The fourth-order valence-corrected chi connectivity index (χ4v) is 6.01. The van der Waals surface area contributed by atoms with Gasteiger partial charge in [-0.15, -0.1) is 0 Å². The summed E-state index contributed by atoms with van der Waals surface area (Å²) in [5.74, 6) is -0.644. The summed E-state index contributed by atoms with van der Waals surface area (Å²) in [7, 11) is -1.89. The molecule has 0 saturated carbocycles. The number of nitrogens with one attached hydrogen (secondary N) is 2. The lowest BCUT2D eigenvalue weighted by molar-refractivity contribution is -0.137. The average molecular weight is 643 g/mol. The number of likely N-dealkylation sites (N-methyl/N-ethyl adjacent to an activating group) is 1. The van der Waals surface area contributed by atoms with Gasteiger partial charge in [0, 0.05) is 44.0 Å². The number of urea groups is 1. The third kappa shape index (κ3) is 10.2. The number of hydrogen-bond acceptors (Lipinski definition) is 5. The SMILES string of the molecule is CN1CCN(C(=O)N[C@@H](Cc2cccc(C(F)(F)F)c2)C(=O)N[C@H](/C=C/S(=O)(=O)c2ccccc2)CCc2ccccc2)CC1. The summed E-state index contributed by atoms with van der Waals surface area (Å²) in [6.07, 6.45) is -2.54. The van der Waals surface area contributed by atoms with Crippen LogP contribution < -0.4 is 10.6 Å². The van der Waals surface area contributed by atoms with Gasteiger partial charge in [0.2, 0.25) is 5.91 Å². The van der Waals surface area contributed by atoms with Crippen molar-refractivity contribution in [3.8, 4) is 0 Å². The minimum absolute atomic E-state index is 0.0937. The molecule has 8 nitrogen and oxygen atoms in total. The highest BCUT2D eigenvalue weighted by Crippen LogP contribution is 2.29. The predicted molar refractivity (Wildman–Crippen MR) is 166 cm³/mol. The molecule has 0 aromatic heterocycles. The zero-order chi connectivity index (χ0) is 32.5. The molecule has 12 heteroatoms. The Morgan fingerprint density at radius 2 is 1.49 bits per heavy atom. The molecule has 0 bridgehead atoms. The molecule has 1 aliphatic rings. The number of carbonyl (C=O) groups excluding carboxylic acids is 2. The summed E-state index contributed by atoms with van der Waals surface area (Å²) in [4.78, 5) is 30.7. The van der Waals surface area contributed by atoms with Gasteiger partial charge in [-0.05, 0) is 49.2 Å². The summed E-state index contributed by atoms with van der Waals surface area (Å²) < 4.78 is 66.2. The van der Waals surface area contributed by atoms with Crippen molar-refractivity contribution in [2.75, 3.05) is 33.2 Å². The molecule has 1 aliphatic heterocycles. The van der Waals surface area contributed by atoms with E-state index in [-0.39, 0.29) is 16.9 Å². The molecule has 45 heavy (non-hydrogen) atoms. The molecule has 1 saturated heterocycles. The summed E-state index contributed by atoms with van der Waals surface area (Å²) in [6, 6.07) is 19.4. The smallest absolute Gasteiger partial charge is 0.348 e. The number of benzene rings is 3. The van der Waals surface area contributed by atoms with E-state index in [1.807, 2.05) is 37.4 Å². The second-order valence-electron chi connectivity index (χ2n) is 11.0. The molecule has 4 rings (SSSR count). The van der Waals surface area contributed by atoms with Crippen LogP contribution >= 0.6 is 0 Å². The van der Waals surface area contributed by atoms with Crippen molar-refractivity contribution in [2.24, 2.45) is 0 Å². The van der Waals surface area contributed by atoms with Crippen molar-refractivity contribution in [2.45, 2.75) is 42.4 Å². The Hall–Kier alpha value is -4.16. The fourth-order valence-electron chi connectivity index (χ4n) is 4.92. The van der Waals surface area contributed by atoms with Gasteiger partial charge in [0.25, 0.3) is 0 Å². The van der Waals surface area contributed by atoms with Crippen LogP contribution in [0.5, 0.6) is 0 Å². The molecule has 0 aliphatic carbocycles. The first-order valence-corrected chi connectivity index (χ1v) is 16.2. The third-order valence-electron chi connectivity index (χ3n) is 7.58. The number of nitrogens with zero attached hydrogens (tertiary/aromatic N) is 2. The molecule has 3 aromatic carbocycles. The van der Waals surface area contributed by atoms with E-state index in [1.165, 1.54) is 30.3 Å². The average Bonchev–Trinajstić information content (AvgIpc) is 3.03. The van der Waals surface area contributed by atoms with Crippen molar-refractivity contribution < 1.29 is 31.2 Å². The van der Waals surface area contributed by atoms with Crippen molar-refractivity contribution >= 4 is 21.8 Å². The van der Waals surface area contributed by atoms with E-state index in [1.54, 1.807) is 23.1 Å². The Bertz CT molecular complexity index is 1560. The highest BCUT2D eigenvalue weighted by atomic mass is 32.2. The quantitative estimate of drug-likeness (QED) is 0.317. The molecule has 0 radical (unpaired) electrons. The lowest BCUT2D eigenvalue weighted by atomic mass is 10.0. The highest BCUT2D eigenvalue weighted by molar-refractivity contribution is 7.94. The van der Waals surface area contributed by atoms with Crippen LogP contribution in [0.15, 0.2) is 101 Å². The number of carbonyl (C=O) groups is 2. The van der Waals surface area contributed by atoms with Crippen molar-refractivity contribution in [3.63, 3.8) is 0 Å². The van der Waals surface area contributed by atoms with Gasteiger partial charge in [0.05, 0.1) is 10.5 Å². The van der Waals surface area contributed by atoms with Crippen LogP contribution in [-0.2, 0) is 33.6 Å². The maximum atomic E-state index is 13.8. The Balaban J connectivity index is 1.58. The molecule has 2 N–H and O–H groups in total. The zero-order valence-corrected chi connectivity index (χ0v) is 25.7. The van der Waals surface area contributed by atoms with Crippen LogP contribution in [-0.4, -0.2) is 75.5 Å². The fraction of sp³-hybridized carbons (Fsp3) is 0.333. The summed E-state index contributed by atoms with van der Waals surface area (Å²) in [5, 5.41) is 6.60. The molecule has 3 aromatic rings. The maximum absolute atomic E-state index is 13.8. The molecule has 240 valence electrons. The molecule has 1 heterocycles. The second kappa shape index (κ2) is 15.2. The number of hydrogen-bond donors (Lipinski definition) is 2. The monoisotopic (exact) mass is 642 g/mol. The van der Waals surface area contributed by atoms with E-state index < -0.39 is 45.6 Å². The molecule has 3 amide bonds. The third-order valence-corrected chi connectivity index (χ3v) is 9.02. The van der Waals surface area contributed by atoms with Crippen LogP contribution in [0, 0.1) is 0 Å². The number of alkyl halides is 3. The minimum Gasteiger partial charge on any atom is -0.348 e. The van der Waals surface area contributed by atoms with Crippen molar-refractivity contribution in [3.05, 3.63) is 113 Å². The number of sulfone groups is 1. The van der Waals surface area contributed by atoms with E-state index in [9.17, 15) is 31.2 Å². The van der Waals surface area contributed by atoms with Crippen LogP contribution in [0.2, 0.25) is 0 Å². The van der Waals surface area contributed by atoms with Crippen LogP contribution in [0.1, 0.15) is 23.1 Å².